The van der Waals surface area contributed by atoms with E-state index in [9.17, 15) is 5.11 Å². The highest BCUT2D eigenvalue weighted by Crippen LogP contribution is 2.15. The van der Waals surface area contributed by atoms with Gasteiger partial charge in [0.05, 0.1) is 6.61 Å². The zero-order valence-electron chi connectivity index (χ0n) is 11.1. The van der Waals surface area contributed by atoms with Gasteiger partial charge in [-0.15, -0.1) is 0 Å². The molecule has 1 rings (SSSR count). The Kier molecular flexibility index (Phi) is 6.23. The lowest BCUT2D eigenvalue weighted by Crippen LogP contribution is -2.12. The van der Waals surface area contributed by atoms with Crippen LogP contribution >= 0.6 is 0 Å². The van der Waals surface area contributed by atoms with Gasteiger partial charge in [0.25, 0.3) is 0 Å². The Morgan fingerprint density at radius 2 is 2.06 bits per heavy atom. The van der Waals surface area contributed by atoms with Gasteiger partial charge in [-0.05, 0) is 24.8 Å². The fraction of sp³-hybridized carbons (Fsp3) is 0.600. The minimum atomic E-state index is -0.510. The summed E-state index contributed by atoms with van der Waals surface area (Å²) in [5.74, 6) is 0.574. The van der Waals surface area contributed by atoms with Crippen LogP contribution in [0.2, 0.25) is 0 Å². The van der Waals surface area contributed by atoms with Crippen LogP contribution in [0.5, 0.6) is 0 Å². The summed E-state index contributed by atoms with van der Waals surface area (Å²) in [7, 11) is 0. The Balaban J connectivity index is 2.32. The van der Waals surface area contributed by atoms with E-state index in [0.717, 1.165) is 12.2 Å². The van der Waals surface area contributed by atoms with Crippen molar-refractivity contribution in [1.82, 2.24) is 0 Å². The van der Waals surface area contributed by atoms with Crippen LogP contribution < -0.4 is 0 Å². The van der Waals surface area contributed by atoms with Crippen LogP contribution in [0.15, 0.2) is 24.3 Å². The van der Waals surface area contributed by atoms with Crippen molar-refractivity contribution >= 4 is 0 Å². The van der Waals surface area contributed by atoms with Crippen LogP contribution in [0.25, 0.3) is 0 Å². The maximum absolute atomic E-state index is 9.96. The second-order valence-corrected chi connectivity index (χ2v) is 4.86. The molecule has 1 N–H and O–H groups in total. The largest absolute Gasteiger partial charge is 0.386 e. The second-order valence-electron chi connectivity index (χ2n) is 4.86. The molecule has 0 aliphatic carbocycles. The standard InChI is InChI=1S/C15H24O2/c1-4-6-13(3)10-17-11-15(16)14-8-5-7-12(2)9-14/h5,7-9,13,15-16H,4,6,10-11H2,1-3H3. The maximum Gasteiger partial charge on any atom is 0.102 e. The molecule has 2 nitrogen and oxygen atoms in total. The molecule has 0 radical (unpaired) electrons. The molecule has 0 aliphatic heterocycles. The molecular weight excluding hydrogens is 212 g/mol. The molecule has 0 amide bonds. The smallest absolute Gasteiger partial charge is 0.102 e. The van der Waals surface area contributed by atoms with Gasteiger partial charge in [0.15, 0.2) is 0 Å². The molecule has 0 heterocycles. The Morgan fingerprint density at radius 3 is 2.71 bits per heavy atom. The molecule has 17 heavy (non-hydrogen) atoms. The van der Waals surface area contributed by atoms with Gasteiger partial charge in [-0.1, -0.05) is 50.1 Å². The fourth-order valence-electron chi connectivity index (χ4n) is 1.93. The third kappa shape index (κ3) is 5.33. The third-order valence-corrected chi connectivity index (χ3v) is 2.89. The molecule has 0 aliphatic rings. The van der Waals surface area contributed by atoms with Crippen LogP contribution in [0.3, 0.4) is 0 Å². The fourth-order valence-corrected chi connectivity index (χ4v) is 1.93. The number of aryl methyl sites for hydroxylation is 1. The molecule has 0 spiro atoms. The van der Waals surface area contributed by atoms with Crippen molar-refractivity contribution in [2.24, 2.45) is 5.92 Å². The van der Waals surface area contributed by atoms with Gasteiger partial charge >= 0.3 is 0 Å². The molecule has 2 atom stereocenters. The maximum atomic E-state index is 9.96. The molecule has 0 fully saturated rings. The number of hydrogen-bond acceptors (Lipinski definition) is 2. The summed E-state index contributed by atoms with van der Waals surface area (Å²) in [6, 6.07) is 7.94. The summed E-state index contributed by atoms with van der Waals surface area (Å²) < 4.78 is 5.55. The van der Waals surface area contributed by atoms with Crippen LogP contribution in [-0.4, -0.2) is 18.3 Å². The predicted molar refractivity (Wildman–Crippen MR) is 71.0 cm³/mol. The highest BCUT2D eigenvalue weighted by Gasteiger charge is 2.08. The van der Waals surface area contributed by atoms with E-state index in [0.29, 0.717) is 12.5 Å². The van der Waals surface area contributed by atoms with Crippen molar-refractivity contribution in [3.05, 3.63) is 35.4 Å². The predicted octanol–water partition coefficient (Wildman–Crippen LogP) is 3.48. The average Bonchev–Trinajstić information content (AvgIpc) is 2.29. The lowest BCUT2D eigenvalue weighted by Gasteiger charge is -2.15. The van der Waals surface area contributed by atoms with Crippen LogP contribution in [0.1, 0.15) is 43.9 Å². The minimum absolute atomic E-state index is 0.386. The normalized spacial score (nSPS) is 14.6. The Morgan fingerprint density at radius 1 is 1.29 bits per heavy atom. The lowest BCUT2D eigenvalue weighted by atomic mass is 10.1. The Labute approximate surface area is 105 Å². The minimum Gasteiger partial charge on any atom is -0.386 e. The molecule has 0 bridgehead atoms. The first kappa shape index (κ1) is 14.2. The summed E-state index contributed by atoms with van der Waals surface area (Å²) in [4.78, 5) is 0. The summed E-state index contributed by atoms with van der Waals surface area (Å²) >= 11 is 0. The van der Waals surface area contributed by atoms with Gasteiger partial charge in [0.1, 0.15) is 6.10 Å². The van der Waals surface area contributed by atoms with E-state index < -0.39 is 6.10 Å². The first-order valence-electron chi connectivity index (χ1n) is 6.45. The second kappa shape index (κ2) is 7.46. The number of benzene rings is 1. The Hall–Kier alpha value is -0.860. The molecular formula is C15H24O2. The SMILES string of the molecule is CCCC(C)COCC(O)c1cccc(C)c1. The monoisotopic (exact) mass is 236 g/mol. The summed E-state index contributed by atoms with van der Waals surface area (Å²) in [6.45, 7) is 7.51. The number of aliphatic hydroxyl groups excluding tert-OH is 1. The van der Waals surface area contributed by atoms with E-state index in [1.807, 2.05) is 31.2 Å². The topological polar surface area (TPSA) is 29.5 Å². The molecule has 96 valence electrons. The van der Waals surface area contributed by atoms with E-state index in [4.69, 9.17) is 4.74 Å². The van der Waals surface area contributed by atoms with E-state index in [2.05, 4.69) is 13.8 Å². The average molecular weight is 236 g/mol. The molecule has 2 unspecified atom stereocenters. The first-order chi connectivity index (χ1) is 8.13. The van der Waals surface area contributed by atoms with Gasteiger partial charge in [-0.25, -0.2) is 0 Å². The number of hydrogen-bond donors (Lipinski definition) is 1. The van der Waals surface area contributed by atoms with Crippen LogP contribution in [0, 0.1) is 12.8 Å². The molecule has 0 saturated heterocycles. The van der Waals surface area contributed by atoms with Gasteiger partial charge in [0, 0.05) is 6.61 Å². The van der Waals surface area contributed by atoms with Gasteiger partial charge < -0.3 is 9.84 Å². The van der Waals surface area contributed by atoms with Crippen molar-refractivity contribution < 1.29 is 9.84 Å². The molecule has 1 aromatic carbocycles. The summed E-state index contributed by atoms with van der Waals surface area (Å²) in [5.41, 5.74) is 2.11. The lowest BCUT2D eigenvalue weighted by molar-refractivity contribution is 0.0215. The van der Waals surface area contributed by atoms with E-state index in [1.54, 1.807) is 0 Å². The number of rotatable bonds is 7. The van der Waals surface area contributed by atoms with Gasteiger partial charge in [-0.3, -0.25) is 0 Å². The van der Waals surface area contributed by atoms with Gasteiger partial charge in [-0.2, -0.15) is 0 Å². The van der Waals surface area contributed by atoms with Crippen molar-refractivity contribution in [3.8, 4) is 0 Å². The third-order valence-electron chi connectivity index (χ3n) is 2.89. The van der Waals surface area contributed by atoms with Crippen molar-refractivity contribution in [2.75, 3.05) is 13.2 Å². The van der Waals surface area contributed by atoms with E-state index in [-0.39, 0.29) is 0 Å². The molecule has 2 heteroatoms. The highest BCUT2D eigenvalue weighted by atomic mass is 16.5. The number of aliphatic hydroxyl groups is 1. The van der Waals surface area contributed by atoms with Crippen molar-refractivity contribution in [1.29, 1.82) is 0 Å². The van der Waals surface area contributed by atoms with E-state index in [1.165, 1.54) is 18.4 Å². The molecule has 1 aromatic rings. The van der Waals surface area contributed by atoms with Crippen LogP contribution in [0.4, 0.5) is 0 Å². The Bertz CT molecular complexity index is 322. The zero-order valence-corrected chi connectivity index (χ0v) is 11.1. The first-order valence-corrected chi connectivity index (χ1v) is 6.45. The molecule has 0 aromatic heterocycles. The molecule has 0 saturated carbocycles. The van der Waals surface area contributed by atoms with Gasteiger partial charge in [0.2, 0.25) is 0 Å². The highest BCUT2D eigenvalue weighted by molar-refractivity contribution is 5.23. The van der Waals surface area contributed by atoms with Crippen molar-refractivity contribution in [3.63, 3.8) is 0 Å². The summed E-state index contributed by atoms with van der Waals surface area (Å²) in [6.07, 6.45) is 1.86. The van der Waals surface area contributed by atoms with E-state index >= 15 is 0 Å². The number of ether oxygens (including phenoxy) is 1. The van der Waals surface area contributed by atoms with Crippen LogP contribution in [-0.2, 0) is 4.74 Å². The van der Waals surface area contributed by atoms with Crippen molar-refractivity contribution in [2.45, 2.75) is 39.7 Å². The zero-order chi connectivity index (χ0) is 12.7. The quantitative estimate of drug-likeness (QED) is 0.785. The summed E-state index contributed by atoms with van der Waals surface area (Å²) in [5, 5.41) is 9.96.